The topological polar surface area (TPSA) is 101 Å². The van der Waals surface area contributed by atoms with Crippen molar-refractivity contribution in [3.8, 4) is 0 Å². The summed E-state index contributed by atoms with van der Waals surface area (Å²) in [6.07, 6.45) is 1.12. The molecule has 1 amide bonds. The predicted octanol–water partition coefficient (Wildman–Crippen LogP) is 2.69. The Balaban J connectivity index is 0.00000392. The Morgan fingerprint density at radius 1 is 1.18 bits per heavy atom. The van der Waals surface area contributed by atoms with Crippen molar-refractivity contribution in [2.75, 3.05) is 18.4 Å². The van der Waals surface area contributed by atoms with Gasteiger partial charge >= 0.3 is 0 Å². The van der Waals surface area contributed by atoms with Crippen molar-refractivity contribution in [1.29, 1.82) is 0 Å². The molecule has 2 aromatic carbocycles. The number of carbonyl (C=O) groups is 1. The van der Waals surface area contributed by atoms with Gasteiger partial charge in [0.25, 0.3) is 0 Å². The summed E-state index contributed by atoms with van der Waals surface area (Å²) in [6.45, 7) is 2.10. The lowest BCUT2D eigenvalue weighted by atomic mass is 10.0. The van der Waals surface area contributed by atoms with Crippen molar-refractivity contribution in [3.05, 3.63) is 59.9 Å². The summed E-state index contributed by atoms with van der Waals surface area (Å²) < 4.78 is 39.9. The van der Waals surface area contributed by atoms with E-state index in [2.05, 4.69) is 10.0 Å². The van der Waals surface area contributed by atoms with Crippen molar-refractivity contribution in [3.63, 3.8) is 0 Å². The molecule has 0 saturated heterocycles. The highest BCUT2D eigenvalue weighted by Gasteiger charge is 2.16. The fourth-order valence-electron chi connectivity index (χ4n) is 2.49. The first-order valence-electron chi connectivity index (χ1n) is 8.67. The van der Waals surface area contributed by atoms with Gasteiger partial charge in [-0.2, -0.15) is 0 Å². The van der Waals surface area contributed by atoms with Gasteiger partial charge in [-0.1, -0.05) is 25.1 Å². The summed E-state index contributed by atoms with van der Waals surface area (Å²) in [7, 11) is -3.67. The van der Waals surface area contributed by atoms with Crippen LogP contribution in [0.1, 0.15) is 18.9 Å². The fraction of sp³-hybridized carbons (Fsp3) is 0.316. The number of benzene rings is 2. The van der Waals surface area contributed by atoms with Crippen LogP contribution in [0.15, 0.2) is 53.4 Å². The number of hydrogen-bond acceptors (Lipinski definition) is 4. The van der Waals surface area contributed by atoms with Gasteiger partial charge in [0, 0.05) is 24.7 Å². The minimum Gasteiger partial charge on any atom is -0.329 e. The molecule has 0 fully saturated rings. The van der Waals surface area contributed by atoms with Gasteiger partial charge in [-0.15, -0.1) is 12.4 Å². The van der Waals surface area contributed by atoms with Crippen LogP contribution >= 0.6 is 12.4 Å². The highest BCUT2D eigenvalue weighted by atomic mass is 35.5. The molecule has 2 aromatic rings. The van der Waals surface area contributed by atoms with Crippen LogP contribution in [0.5, 0.6) is 0 Å². The highest BCUT2D eigenvalue weighted by molar-refractivity contribution is 7.89. The molecule has 9 heteroatoms. The van der Waals surface area contributed by atoms with E-state index in [9.17, 15) is 17.6 Å². The monoisotopic (exact) mass is 429 g/mol. The Labute approximate surface area is 171 Å². The second-order valence-corrected chi connectivity index (χ2v) is 8.04. The van der Waals surface area contributed by atoms with Gasteiger partial charge in [0.05, 0.1) is 4.90 Å². The predicted molar refractivity (Wildman–Crippen MR) is 110 cm³/mol. The van der Waals surface area contributed by atoms with Crippen LogP contribution in [0.2, 0.25) is 0 Å². The van der Waals surface area contributed by atoms with E-state index in [1.807, 2.05) is 6.07 Å². The number of anilines is 1. The normalized spacial score (nSPS) is 12.1. The molecule has 0 radical (unpaired) electrons. The quantitative estimate of drug-likeness (QED) is 0.570. The molecule has 0 spiro atoms. The maximum absolute atomic E-state index is 13.2. The molecule has 0 heterocycles. The first-order chi connectivity index (χ1) is 12.8. The maximum atomic E-state index is 13.2. The van der Waals surface area contributed by atoms with Crippen molar-refractivity contribution in [2.45, 2.75) is 24.7 Å². The van der Waals surface area contributed by atoms with Gasteiger partial charge in [0.15, 0.2) is 0 Å². The lowest BCUT2D eigenvalue weighted by molar-refractivity contribution is -0.119. The summed E-state index contributed by atoms with van der Waals surface area (Å²) in [5.41, 5.74) is 6.54. The minimum absolute atomic E-state index is 0. The molecular weight excluding hydrogens is 405 g/mol. The third kappa shape index (κ3) is 7.20. The van der Waals surface area contributed by atoms with Crippen LogP contribution in [0.4, 0.5) is 10.1 Å². The number of nitrogens with two attached hydrogens (primary N) is 1. The van der Waals surface area contributed by atoms with Crippen molar-refractivity contribution in [2.24, 2.45) is 11.7 Å². The van der Waals surface area contributed by atoms with E-state index >= 15 is 0 Å². The molecule has 0 aliphatic rings. The second-order valence-electron chi connectivity index (χ2n) is 6.27. The van der Waals surface area contributed by atoms with Crippen LogP contribution in [0, 0.1) is 11.7 Å². The Morgan fingerprint density at radius 2 is 1.89 bits per heavy atom. The molecular formula is C19H25ClFN3O3S. The van der Waals surface area contributed by atoms with E-state index in [1.54, 1.807) is 25.1 Å². The molecule has 6 nitrogen and oxygen atoms in total. The fourth-order valence-corrected chi connectivity index (χ4v) is 3.58. The Bertz CT molecular complexity index is 893. The Hall–Kier alpha value is -2.00. The Kier molecular flexibility index (Phi) is 9.54. The summed E-state index contributed by atoms with van der Waals surface area (Å²) in [4.78, 5) is 12.4. The number of sulfonamides is 1. The van der Waals surface area contributed by atoms with E-state index < -0.39 is 10.0 Å². The molecule has 2 rings (SSSR count). The second kappa shape index (κ2) is 11.1. The number of nitrogens with one attached hydrogen (secondary N) is 2. The van der Waals surface area contributed by atoms with Gasteiger partial charge in [0.1, 0.15) is 5.82 Å². The van der Waals surface area contributed by atoms with E-state index in [1.165, 1.54) is 24.3 Å². The number of carbonyl (C=O) groups excluding carboxylic acids is 1. The number of halogens is 2. The van der Waals surface area contributed by atoms with E-state index in [0.717, 1.165) is 5.56 Å². The summed E-state index contributed by atoms with van der Waals surface area (Å²) >= 11 is 0. The molecule has 0 saturated carbocycles. The standard InChI is InChI=1S/C19H24FN3O3S.ClH/c1-14(8-9-15-4-2-5-16(20)12-15)19(24)23-17-6-3-7-18(13-17)27(25,26)22-11-10-21;/h2-7,12-14,22H,8-11,21H2,1H3,(H,23,24);1H. The van der Waals surface area contributed by atoms with Crippen molar-refractivity contribution < 1.29 is 17.6 Å². The van der Waals surface area contributed by atoms with Gasteiger partial charge in [-0.05, 0) is 48.7 Å². The smallest absolute Gasteiger partial charge is 0.240 e. The lowest BCUT2D eigenvalue weighted by Gasteiger charge is -2.13. The van der Waals surface area contributed by atoms with Crippen LogP contribution in [-0.4, -0.2) is 27.4 Å². The van der Waals surface area contributed by atoms with Gasteiger partial charge in [-0.25, -0.2) is 17.5 Å². The van der Waals surface area contributed by atoms with Gasteiger partial charge in [-0.3, -0.25) is 4.79 Å². The summed E-state index contributed by atoms with van der Waals surface area (Å²) in [5.74, 6) is -0.842. The maximum Gasteiger partial charge on any atom is 0.240 e. The molecule has 0 aromatic heterocycles. The van der Waals surface area contributed by atoms with E-state index in [-0.39, 0.29) is 48.0 Å². The summed E-state index contributed by atoms with van der Waals surface area (Å²) in [6, 6.07) is 12.3. The first kappa shape index (κ1) is 24.0. The zero-order valence-corrected chi connectivity index (χ0v) is 17.2. The molecule has 0 aliphatic heterocycles. The highest BCUT2D eigenvalue weighted by Crippen LogP contribution is 2.18. The zero-order valence-electron chi connectivity index (χ0n) is 15.5. The van der Waals surface area contributed by atoms with Crippen molar-refractivity contribution >= 4 is 34.0 Å². The van der Waals surface area contributed by atoms with Crippen molar-refractivity contribution in [1.82, 2.24) is 4.72 Å². The average molecular weight is 430 g/mol. The SMILES string of the molecule is CC(CCc1cccc(F)c1)C(=O)Nc1cccc(S(=O)(=O)NCCN)c1.Cl. The Morgan fingerprint density at radius 3 is 2.57 bits per heavy atom. The van der Waals surface area contributed by atoms with E-state index in [4.69, 9.17) is 5.73 Å². The summed E-state index contributed by atoms with van der Waals surface area (Å²) in [5, 5.41) is 2.73. The largest absolute Gasteiger partial charge is 0.329 e. The zero-order chi connectivity index (χ0) is 19.9. The number of rotatable bonds is 9. The van der Waals surface area contributed by atoms with E-state index in [0.29, 0.717) is 18.5 Å². The van der Waals surface area contributed by atoms with Crippen LogP contribution in [0.3, 0.4) is 0 Å². The number of aryl methyl sites for hydroxylation is 1. The van der Waals surface area contributed by atoms with Crippen LogP contribution in [0.25, 0.3) is 0 Å². The molecule has 1 unspecified atom stereocenters. The number of amides is 1. The number of hydrogen-bond donors (Lipinski definition) is 3. The molecule has 0 aliphatic carbocycles. The lowest BCUT2D eigenvalue weighted by Crippen LogP contribution is -2.29. The first-order valence-corrected chi connectivity index (χ1v) is 10.2. The third-order valence-electron chi connectivity index (χ3n) is 4.05. The molecule has 4 N–H and O–H groups in total. The van der Waals surface area contributed by atoms with Crippen LogP contribution in [-0.2, 0) is 21.2 Å². The molecule has 1 atom stereocenters. The molecule has 28 heavy (non-hydrogen) atoms. The van der Waals surface area contributed by atoms with Gasteiger partial charge in [0.2, 0.25) is 15.9 Å². The average Bonchev–Trinajstić information content (AvgIpc) is 2.64. The molecule has 0 bridgehead atoms. The third-order valence-corrected chi connectivity index (χ3v) is 5.51. The minimum atomic E-state index is -3.67. The van der Waals surface area contributed by atoms with Gasteiger partial charge < -0.3 is 11.1 Å². The van der Waals surface area contributed by atoms with Crippen LogP contribution < -0.4 is 15.8 Å². The molecule has 154 valence electrons.